The van der Waals surface area contributed by atoms with Gasteiger partial charge in [0.25, 0.3) is 0 Å². The molecule has 0 bridgehead atoms. The predicted octanol–water partition coefficient (Wildman–Crippen LogP) is -3.18. The van der Waals surface area contributed by atoms with Crippen LogP contribution in [-0.2, 0) is 0 Å². The SMILES string of the molecule is [Li+].[N-]CCO. The van der Waals surface area contributed by atoms with Crippen LogP contribution in [-0.4, -0.2) is 18.3 Å². The zero-order valence-electron chi connectivity index (χ0n) is 3.31. The summed E-state index contributed by atoms with van der Waals surface area (Å²) in [6, 6.07) is 0. The van der Waals surface area contributed by atoms with Crippen molar-refractivity contribution in [2.75, 3.05) is 13.2 Å². The summed E-state index contributed by atoms with van der Waals surface area (Å²) in [6.45, 7) is -0.250. The fourth-order valence-corrected chi connectivity index (χ4v) is 0. The molecule has 0 aliphatic carbocycles. The molecule has 0 heterocycles. The van der Waals surface area contributed by atoms with E-state index in [0.717, 1.165) is 0 Å². The largest absolute Gasteiger partial charge is 1.00 e. The van der Waals surface area contributed by atoms with Crippen molar-refractivity contribution >= 4 is 0 Å². The van der Waals surface area contributed by atoms with Crippen LogP contribution in [0.3, 0.4) is 0 Å². The molecule has 0 saturated carbocycles. The summed E-state index contributed by atoms with van der Waals surface area (Å²) in [5.74, 6) is 0. The van der Waals surface area contributed by atoms with Crippen molar-refractivity contribution < 1.29 is 24.0 Å². The molecule has 0 aromatic rings. The van der Waals surface area contributed by atoms with Gasteiger partial charge in [-0.3, -0.25) is 0 Å². The zero-order valence-corrected chi connectivity index (χ0v) is 3.31. The Bertz CT molecular complexity index is 11.6. The summed E-state index contributed by atoms with van der Waals surface area (Å²) in [5, 5.41) is 7.62. The van der Waals surface area contributed by atoms with Crippen molar-refractivity contribution in [3.63, 3.8) is 0 Å². The van der Waals surface area contributed by atoms with Crippen LogP contribution in [0.25, 0.3) is 5.73 Å². The molecule has 0 rings (SSSR count). The van der Waals surface area contributed by atoms with Gasteiger partial charge < -0.3 is 10.8 Å². The first-order chi connectivity index (χ1) is 1.91. The van der Waals surface area contributed by atoms with Gasteiger partial charge in [-0.1, -0.05) is 0 Å². The van der Waals surface area contributed by atoms with Crippen molar-refractivity contribution in [3.05, 3.63) is 5.73 Å². The molecule has 0 fully saturated rings. The molecule has 0 aromatic carbocycles. The quantitative estimate of drug-likeness (QED) is 0.322. The molecule has 5 heavy (non-hydrogen) atoms. The van der Waals surface area contributed by atoms with Crippen LogP contribution in [0, 0.1) is 0 Å². The Morgan fingerprint density at radius 2 is 1.80 bits per heavy atom. The Labute approximate surface area is 43.5 Å². The van der Waals surface area contributed by atoms with Crippen LogP contribution in [0.4, 0.5) is 0 Å². The molecule has 2 nitrogen and oxygen atoms in total. The second kappa shape index (κ2) is 8.82. The minimum atomic E-state index is -0.125. The normalized spacial score (nSPS) is 6.00. The van der Waals surface area contributed by atoms with E-state index in [1.165, 1.54) is 0 Å². The molecule has 0 saturated heterocycles. The van der Waals surface area contributed by atoms with Crippen molar-refractivity contribution in [2.45, 2.75) is 0 Å². The van der Waals surface area contributed by atoms with Gasteiger partial charge in [-0.2, -0.15) is 0 Å². The van der Waals surface area contributed by atoms with E-state index in [9.17, 15) is 0 Å². The number of hydrogen-bond donors (Lipinski definition) is 1. The van der Waals surface area contributed by atoms with E-state index in [2.05, 4.69) is 0 Å². The number of aliphatic hydroxyl groups is 1. The number of aliphatic hydroxyl groups excluding tert-OH is 1. The molecule has 3 heteroatoms. The monoisotopic (exact) mass is 66.1 g/mol. The van der Waals surface area contributed by atoms with E-state index in [1.807, 2.05) is 0 Å². The molecule has 0 aromatic heterocycles. The Balaban J connectivity index is 0. The van der Waals surface area contributed by atoms with Gasteiger partial charge in [0, 0.05) is 6.61 Å². The third-order valence-corrected chi connectivity index (χ3v) is 0.1000. The summed E-state index contributed by atoms with van der Waals surface area (Å²) in [6.07, 6.45) is 0. The molecular weight excluding hydrogens is 61.0 g/mol. The summed E-state index contributed by atoms with van der Waals surface area (Å²) >= 11 is 0. The Kier molecular flexibility index (Phi) is 16.1. The van der Waals surface area contributed by atoms with Gasteiger partial charge in [-0.25, -0.2) is 0 Å². The summed E-state index contributed by atoms with van der Waals surface area (Å²) in [4.78, 5) is 0. The molecule has 1 radical (unpaired) electrons. The van der Waals surface area contributed by atoms with Gasteiger partial charge in [0.15, 0.2) is 0 Å². The molecule has 0 amide bonds. The molecule has 0 unspecified atom stereocenters. The molecule has 0 aliphatic heterocycles. The smallest absolute Gasteiger partial charge is 0.806 e. The standard InChI is InChI=1S/C2H5NO.Li/c3-1-2-4;/h4H,1-2H2;/q-1;+1. The second-order valence-electron chi connectivity index (χ2n) is 0.447. The van der Waals surface area contributed by atoms with Crippen LogP contribution in [0.2, 0.25) is 0 Å². The molecule has 0 aliphatic rings. The summed E-state index contributed by atoms with van der Waals surface area (Å²) in [7, 11) is 0. The molecule has 25 valence electrons. The number of hydrogen-bond acceptors (Lipinski definition) is 1. The van der Waals surface area contributed by atoms with Crippen molar-refractivity contribution in [2.24, 2.45) is 0 Å². The third kappa shape index (κ3) is 12.4. The zero-order chi connectivity index (χ0) is 3.41. The van der Waals surface area contributed by atoms with Crippen LogP contribution in [0.5, 0.6) is 0 Å². The van der Waals surface area contributed by atoms with Crippen LogP contribution in [0.1, 0.15) is 0 Å². The summed E-state index contributed by atoms with van der Waals surface area (Å²) in [5.41, 5.74) is 7.62. The fourth-order valence-electron chi connectivity index (χ4n) is 0. The average molecular weight is 66.0 g/mol. The van der Waals surface area contributed by atoms with Crippen molar-refractivity contribution in [1.82, 2.24) is 0 Å². The number of nitrogens with zero attached hydrogens (tertiary/aromatic N) is 1. The van der Waals surface area contributed by atoms with Gasteiger partial charge in [0.2, 0.25) is 0 Å². The van der Waals surface area contributed by atoms with E-state index in [1.54, 1.807) is 0 Å². The van der Waals surface area contributed by atoms with E-state index in [0.29, 0.717) is 0 Å². The van der Waals surface area contributed by atoms with Crippen molar-refractivity contribution in [3.8, 4) is 0 Å². The maximum atomic E-state index is 7.62. The second-order valence-corrected chi connectivity index (χ2v) is 0.447. The predicted molar refractivity (Wildman–Crippen MR) is 15.3 cm³/mol. The van der Waals surface area contributed by atoms with Gasteiger partial charge in [0.05, 0.1) is 0 Å². The first-order valence-corrected chi connectivity index (χ1v) is 1.13. The van der Waals surface area contributed by atoms with E-state index in [-0.39, 0.29) is 32.0 Å². The Morgan fingerprint density at radius 1 is 1.60 bits per heavy atom. The third-order valence-electron chi connectivity index (χ3n) is 0.1000. The van der Waals surface area contributed by atoms with E-state index < -0.39 is 0 Å². The Hall–Kier alpha value is 0.517. The molecular formula is C2H5LiNO. The average Bonchev–Trinajstić information content (AvgIpc) is 1.37. The molecule has 0 atom stereocenters. The van der Waals surface area contributed by atoms with Gasteiger partial charge in [0.1, 0.15) is 0 Å². The molecule has 1 N–H and O–H groups in total. The van der Waals surface area contributed by atoms with E-state index >= 15 is 0 Å². The van der Waals surface area contributed by atoms with Crippen LogP contribution < -0.4 is 18.9 Å². The minimum absolute atomic E-state index is 0. The van der Waals surface area contributed by atoms with Gasteiger partial charge in [-0.15, -0.1) is 6.54 Å². The van der Waals surface area contributed by atoms with E-state index in [4.69, 9.17) is 10.8 Å². The van der Waals surface area contributed by atoms with Gasteiger partial charge in [-0.05, 0) is 0 Å². The van der Waals surface area contributed by atoms with Crippen molar-refractivity contribution in [1.29, 1.82) is 0 Å². The Morgan fingerprint density at radius 3 is 1.80 bits per heavy atom. The topological polar surface area (TPSA) is 42.5 Å². The molecule has 0 spiro atoms. The first kappa shape index (κ1) is 9.10. The van der Waals surface area contributed by atoms with Gasteiger partial charge >= 0.3 is 18.9 Å². The van der Waals surface area contributed by atoms with Crippen LogP contribution >= 0.6 is 0 Å². The number of rotatable bonds is 1. The minimum Gasteiger partial charge on any atom is -0.806 e. The summed E-state index contributed by atoms with van der Waals surface area (Å²) < 4.78 is 0. The van der Waals surface area contributed by atoms with Crippen LogP contribution in [0.15, 0.2) is 0 Å². The first-order valence-electron chi connectivity index (χ1n) is 1.13. The fraction of sp³-hybridized carbons (Fsp3) is 1.00. The maximum Gasteiger partial charge on any atom is 1.00 e. The maximum absolute atomic E-state index is 7.62.